The van der Waals surface area contributed by atoms with Gasteiger partial charge in [-0.25, -0.2) is 0 Å². The van der Waals surface area contributed by atoms with E-state index in [4.69, 9.17) is 11.6 Å². The first-order chi connectivity index (χ1) is 19.6. The van der Waals surface area contributed by atoms with Crippen molar-refractivity contribution in [2.45, 2.75) is 50.2 Å². The van der Waals surface area contributed by atoms with E-state index in [0.29, 0.717) is 35.5 Å². The largest absolute Gasteiger partial charge is 0.350 e. The maximum atomic E-state index is 13.2. The molecule has 1 aromatic heterocycles. The summed E-state index contributed by atoms with van der Waals surface area (Å²) < 4.78 is 0. The lowest BCUT2D eigenvalue weighted by Crippen LogP contribution is -2.46. The number of carbonyl (C=O) groups is 2. The topological polar surface area (TPSA) is 70.2 Å². The summed E-state index contributed by atoms with van der Waals surface area (Å²) in [6.07, 6.45) is 3.51. The minimum atomic E-state index is -0.625. The Kier molecular flexibility index (Phi) is 9.66. The zero-order valence-electron chi connectivity index (χ0n) is 22.3. The number of nitrogens with one attached hydrogen (secondary N) is 3. The van der Waals surface area contributed by atoms with Gasteiger partial charge in [0.25, 0.3) is 5.91 Å². The SMILES string of the molecule is O=C(NC(CCCCN[C@@H]1C[C@H]1c1ccsc1)C(=O)NCc1cccc(Cl)c1)c1ccc(-c2ccccc2)cc1. The van der Waals surface area contributed by atoms with E-state index in [0.717, 1.165) is 36.1 Å². The van der Waals surface area contributed by atoms with Crippen LogP contribution in [0.3, 0.4) is 0 Å². The van der Waals surface area contributed by atoms with E-state index in [2.05, 4.69) is 32.8 Å². The fraction of sp³-hybridized carbons (Fsp3) is 0.273. The van der Waals surface area contributed by atoms with Gasteiger partial charge in [-0.1, -0.05) is 66.2 Å². The van der Waals surface area contributed by atoms with Crippen molar-refractivity contribution < 1.29 is 9.59 Å². The monoisotopic (exact) mass is 571 g/mol. The van der Waals surface area contributed by atoms with E-state index >= 15 is 0 Å². The van der Waals surface area contributed by atoms with Crippen molar-refractivity contribution in [1.82, 2.24) is 16.0 Å². The minimum absolute atomic E-state index is 0.193. The van der Waals surface area contributed by atoms with E-state index in [9.17, 15) is 9.59 Å². The molecule has 0 aliphatic heterocycles. The quantitative estimate of drug-likeness (QED) is 0.155. The number of unbranched alkanes of at least 4 members (excludes halogenated alkanes) is 1. The summed E-state index contributed by atoms with van der Waals surface area (Å²) in [7, 11) is 0. The molecular weight excluding hydrogens is 538 g/mol. The third kappa shape index (κ3) is 7.81. The fourth-order valence-corrected chi connectivity index (χ4v) is 5.89. The summed E-state index contributed by atoms with van der Waals surface area (Å²) in [5.74, 6) is 0.183. The molecule has 206 valence electrons. The molecule has 0 bridgehead atoms. The van der Waals surface area contributed by atoms with Crippen molar-refractivity contribution in [3.63, 3.8) is 0 Å². The lowest BCUT2D eigenvalue weighted by atomic mass is 10.0. The smallest absolute Gasteiger partial charge is 0.251 e. The molecule has 3 atom stereocenters. The van der Waals surface area contributed by atoms with Crippen LogP contribution in [0.25, 0.3) is 11.1 Å². The molecule has 1 saturated carbocycles. The van der Waals surface area contributed by atoms with Gasteiger partial charge < -0.3 is 16.0 Å². The molecule has 5 nitrogen and oxygen atoms in total. The highest BCUT2D eigenvalue weighted by Crippen LogP contribution is 2.41. The van der Waals surface area contributed by atoms with Gasteiger partial charge >= 0.3 is 0 Å². The van der Waals surface area contributed by atoms with Crippen molar-refractivity contribution in [2.75, 3.05) is 6.54 Å². The second-order valence-electron chi connectivity index (χ2n) is 10.3. The number of benzene rings is 3. The van der Waals surface area contributed by atoms with Crippen LogP contribution in [-0.4, -0.2) is 30.4 Å². The molecule has 2 amide bonds. The zero-order valence-corrected chi connectivity index (χ0v) is 23.9. The van der Waals surface area contributed by atoms with E-state index in [-0.39, 0.29) is 11.8 Å². The number of hydrogen-bond donors (Lipinski definition) is 3. The average molecular weight is 572 g/mol. The van der Waals surface area contributed by atoms with Crippen LogP contribution in [0.2, 0.25) is 5.02 Å². The Labute approximate surface area is 245 Å². The molecule has 7 heteroatoms. The molecule has 0 spiro atoms. The average Bonchev–Trinajstić information content (AvgIpc) is 3.54. The van der Waals surface area contributed by atoms with Gasteiger partial charge in [-0.2, -0.15) is 11.3 Å². The molecule has 1 aliphatic rings. The Balaban J connectivity index is 1.15. The van der Waals surface area contributed by atoms with Crippen LogP contribution in [0.5, 0.6) is 0 Å². The Morgan fingerprint density at radius 2 is 1.73 bits per heavy atom. The van der Waals surface area contributed by atoms with Crippen molar-refractivity contribution >= 4 is 34.8 Å². The first-order valence-electron chi connectivity index (χ1n) is 13.8. The van der Waals surface area contributed by atoms with Crippen LogP contribution in [0.4, 0.5) is 0 Å². The summed E-state index contributed by atoms with van der Waals surface area (Å²) in [6.45, 7) is 1.25. The number of rotatable bonds is 13. The van der Waals surface area contributed by atoms with Gasteiger partial charge in [-0.3, -0.25) is 9.59 Å². The van der Waals surface area contributed by atoms with Gasteiger partial charge in [-0.05, 0) is 95.6 Å². The lowest BCUT2D eigenvalue weighted by molar-refractivity contribution is -0.123. The van der Waals surface area contributed by atoms with E-state index in [1.807, 2.05) is 72.8 Å². The van der Waals surface area contributed by atoms with Crippen LogP contribution < -0.4 is 16.0 Å². The van der Waals surface area contributed by atoms with Crippen LogP contribution in [-0.2, 0) is 11.3 Å². The molecule has 5 rings (SSSR count). The summed E-state index contributed by atoms with van der Waals surface area (Å²) in [6, 6.07) is 27.1. The van der Waals surface area contributed by atoms with Crippen molar-refractivity contribution in [3.05, 3.63) is 117 Å². The summed E-state index contributed by atoms with van der Waals surface area (Å²) >= 11 is 7.84. The molecule has 1 unspecified atom stereocenters. The molecule has 0 radical (unpaired) electrons. The van der Waals surface area contributed by atoms with Gasteiger partial charge in [0.2, 0.25) is 5.91 Å². The number of hydrogen-bond acceptors (Lipinski definition) is 4. The second kappa shape index (κ2) is 13.8. The maximum Gasteiger partial charge on any atom is 0.251 e. The highest BCUT2D eigenvalue weighted by Gasteiger charge is 2.37. The van der Waals surface area contributed by atoms with Crippen LogP contribution >= 0.6 is 22.9 Å². The molecule has 1 heterocycles. The highest BCUT2D eigenvalue weighted by molar-refractivity contribution is 7.08. The van der Waals surface area contributed by atoms with E-state index in [1.54, 1.807) is 17.4 Å². The minimum Gasteiger partial charge on any atom is -0.350 e. The Bertz CT molecular complexity index is 1390. The van der Waals surface area contributed by atoms with Crippen LogP contribution in [0.15, 0.2) is 95.7 Å². The molecule has 40 heavy (non-hydrogen) atoms. The molecule has 0 saturated heterocycles. The van der Waals surface area contributed by atoms with E-state index in [1.165, 1.54) is 12.0 Å². The zero-order chi connectivity index (χ0) is 27.7. The molecule has 1 fully saturated rings. The summed E-state index contributed by atoms with van der Waals surface area (Å²) in [5, 5.41) is 14.6. The standard InChI is InChI=1S/C33H34ClN3O2S/c34-28-10-6-7-23(19-28)21-36-33(39)30(11-4-5-17-35-31-20-29(31)27-16-18-40-22-27)37-32(38)26-14-12-25(13-15-26)24-8-2-1-3-9-24/h1-3,6-10,12-16,18-19,22,29-31,35H,4-5,11,17,20-21H2,(H,36,39)(H,37,38)/t29-,30?,31+/m0/s1. The first kappa shape index (κ1) is 28.1. The van der Waals surface area contributed by atoms with Crippen molar-refractivity contribution in [1.29, 1.82) is 0 Å². The van der Waals surface area contributed by atoms with Crippen LogP contribution in [0, 0.1) is 0 Å². The number of thiophene rings is 1. The van der Waals surface area contributed by atoms with Gasteiger partial charge in [0.15, 0.2) is 0 Å². The predicted molar refractivity (Wildman–Crippen MR) is 164 cm³/mol. The molecular formula is C33H34ClN3O2S. The number of carbonyl (C=O) groups excluding carboxylic acids is 2. The van der Waals surface area contributed by atoms with Gasteiger partial charge in [0, 0.05) is 29.1 Å². The van der Waals surface area contributed by atoms with E-state index < -0.39 is 6.04 Å². The van der Waals surface area contributed by atoms with Crippen molar-refractivity contribution in [2.24, 2.45) is 0 Å². The Hall–Kier alpha value is -3.45. The molecule has 3 N–H and O–H groups in total. The second-order valence-corrected chi connectivity index (χ2v) is 11.5. The normalized spacial score (nSPS) is 16.7. The van der Waals surface area contributed by atoms with Gasteiger partial charge in [0.05, 0.1) is 0 Å². The highest BCUT2D eigenvalue weighted by atomic mass is 35.5. The molecule has 3 aromatic carbocycles. The van der Waals surface area contributed by atoms with Crippen LogP contribution in [0.1, 0.15) is 53.1 Å². The summed E-state index contributed by atoms with van der Waals surface area (Å²) in [5.41, 5.74) is 5.00. The molecule has 4 aromatic rings. The third-order valence-electron chi connectivity index (χ3n) is 7.32. The first-order valence-corrected chi connectivity index (χ1v) is 15.1. The molecule has 1 aliphatic carbocycles. The van der Waals surface area contributed by atoms with Gasteiger partial charge in [0.1, 0.15) is 6.04 Å². The summed E-state index contributed by atoms with van der Waals surface area (Å²) in [4.78, 5) is 26.3. The fourth-order valence-electron chi connectivity index (χ4n) is 4.95. The number of amides is 2. The third-order valence-corrected chi connectivity index (χ3v) is 8.26. The number of halogens is 1. The Morgan fingerprint density at radius 1 is 0.925 bits per heavy atom. The lowest BCUT2D eigenvalue weighted by Gasteiger charge is -2.19. The maximum absolute atomic E-state index is 13.2. The Morgan fingerprint density at radius 3 is 2.48 bits per heavy atom. The van der Waals surface area contributed by atoms with Gasteiger partial charge in [-0.15, -0.1) is 0 Å². The van der Waals surface area contributed by atoms with Crippen molar-refractivity contribution in [3.8, 4) is 11.1 Å². The predicted octanol–water partition coefficient (Wildman–Crippen LogP) is 6.80.